The molecular weight excluding hydrogens is 208 g/mol. The number of ether oxygens (including phenoxy) is 1. The van der Waals surface area contributed by atoms with Crippen LogP contribution in [0.2, 0.25) is 0 Å². The van der Waals surface area contributed by atoms with E-state index in [1.54, 1.807) is 18.2 Å². The van der Waals surface area contributed by atoms with Gasteiger partial charge in [0.1, 0.15) is 5.69 Å². The van der Waals surface area contributed by atoms with Crippen LogP contribution in [0.5, 0.6) is 0 Å². The molecule has 0 aromatic heterocycles. The fourth-order valence-corrected chi connectivity index (χ4v) is 1.78. The number of hydrogen-bond acceptors (Lipinski definition) is 4. The first-order valence-electron chi connectivity index (χ1n) is 5.32. The maximum Gasteiger partial charge on any atom is 0.292 e. The highest BCUT2D eigenvalue weighted by Gasteiger charge is 2.17. The van der Waals surface area contributed by atoms with E-state index in [9.17, 15) is 10.1 Å². The van der Waals surface area contributed by atoms with E-state index in [-0.39, 0.29) is 10.6 Å². The second-order valence-electron chi connectivity index (χ2n) is 3.88. The van der Waals surface area contributed by atoms with Gasteiger partial charge in [-0.05, 0) is 12.5 Å². The summed E-state index contributed by atoms with van der Waals surface area (Å²) < 4.78 is 5.25. The standard InChI is InChI=1S/C11H14N2O3/c14-13(15)11-4-2-1-3-10(11)12-7-9-5-6-16-8-9/h1-4,9,12H,5-8H2. The van der Waals surface area contributed by atoms with Crippen LogP contribution in [0.1, 0.15) is 6.42 Å². The topological polar surface area (TPSA) is 64.4 Å². The fourth-order valence-electron chi connectivity index (χ4n) is 1.78. The van der Waals surface area contributed by atoms with Crippen LogP contribution in [-0.2, 0) is 4.74 Å². The van der Waals surface area contributed by atoms with Gasteiger partial charge in [-0.2, -0.15) is 0 Å². The molecule has 0 radical (unpaired) electrons. The number of nitro groups is 1. The van der Waals surface area contributed by atoms with Crippen LogP contribution < -0.4 is 5.32 Å². The predicted molar refractivity (Wildman–Crippen MR) is 60.5 cm³/mol. The van der Waals surface area contributed by atoms with Crippen molar-refractivity contribution in [1.82, 2.24) is 0 Å². The lowest BCUT2D eigenvalue weighted by Crippen LogP contribution is -2.14. The minimum absolute atomic E-state index is 0.126. The number of anilines is 1. The summed E-state index contributed by atoms with van der Waals surface area (Å²) in [6, 6.07) is 6.70. The van der Waals surface area contributed by atoms with Crippen molar-refractivity contribution in [2.24, 2.45) is 5.92 Å². The number of benzene rings is 1. The van der Waals surface area contributed by atoms with E-state index in [0.29, 0.717) is 11.6 Å². The van der Waals surface area contributed by atoms with E-state index in [0.717, 1.165) is 26.2 Å². The third-order valence-corrected chi connectivity index (χ3v) is 2.71. The van der Waals surface area contributed by atoms with Gasteiger partial charge in [-0.25, -0.2) is 0 Å². The fraction of sp³-hybridized carbons (Fsp3) is 0.455. The Balaban J connectivity index is 2.00. The van der Waals surface area contributed by atoms with Gasteiger partial charge in [0.15, 0.2) is 0 Å². The Bertz CT molecular complexity index is 375. The highest BCUT2D eigenvalue weighted by Crippen LogP contribution is 2.24. The molecule has 0 aliphatic carbocycles. The Labute approximate surface area is 93.6 Å². The first kappa shape index (κ1) is 10.9. The smallest absolute Gasteiger partial charge is 0.292 e. The van der Waals surface area contributed by atoms with Gasteiger partial charge < -0.3 is 10.1 Å². The minimum Gasteiger partial charge on any atom is -0.381 e. The van der Waals surface area contributed by atoms with Crippen molar-refractivity contribution < 1.29 is 9.66 Å². The number of rotatable bonds is 4. The van der Waals surface area contributed by atoms with Gasteiger partial charge in [-0.15, -0.1) is 0 Å². The van der Waals surface area contributed by atoms with Gasteiger partial charge >= 0.3 is 0 Å². The predicted octanol–water partition coefficient (Wildman–Crippen LogP) is 2.04. The van der Waals surface area contributed by atoms with Crippen molar-refractivity contribution in [3.05, 3.63) is 34.4 Å². The lowest BCUT2D eigenvalue weighted by atomic mass is 10.1. The molecule has 86 valence electrons. The van der Waals surface area contributed by atoms with Gasteiger partial charge in [0.25, 0.3) is 5.69 Å². The van der Waals surface area contributed by atoms with Crippen LogP contribution in [0.4, 0.5) is 11.4 Å². The summed E-state index contributed by atoms with van der Waals surface area (Å²) in [5.74, 6) is 0.458. The lowest BCUT2D eigenvalue weighted by Gasteiger charge is -2.10. The van der Waals surface area contributed by atoms with Gasteiger partial charge in [0.2, 0.25) is 0 Å². The second-order valence-corrected chi connectivity index (χ2v) is 3.88. The molecule has 0 spiro atoms. The van der Waals surface area contributed by atoms with Gasteiger partial charge in [-0.1, -0.05) is 12.1 Å². The van der Waals surface area contributed by atoms with Crippen LogP contribution in [0.15, 0.2) is 24.3 Å². The Hall–Kier alpha value is -1.62. The average molecular weight is 222 g/mol. The zero-order valence-electron chi connectivity index (χ0n) is 8.89. The molecule has 1 aliphatic rings. The van der Waals surface area contributed by atoms with E-state index in [1.807, 2.05) is 0 Å². The highest BCUT2D eigenvalue weighted by atomic mass is 16.6. The highest BCUT2D eigenvalue weighted by molar-refractivity contribution is 5.61. The molecule has 1 aromatic carbocycles. The molecule has 1 saturated heterocycles. The summed E-state index contributed by atoms with van der Waals surface area (Å²) in [6.07, 6.45) is 1.02. The van der Waals surface area contributed by atoms with Crippen molar-refractivity contribution in [3.8, 4) is 0 Å². The molecule has 1 unspecified atom stereocenters. The van der Waals surface area contributed by atoms with Crippen molar-refractivity contribution in [1.29, 1.82) is 0 Å². The summed E-state index contributed by atoms with van der Waals surface area (Å²) in [5, 5.41) is 13.9. The van der Waals surface area contributed by atoms with E-state index in [4.69, 9.17) is 4.74 Å². The molecule has 1 aromatic rings. The van der Waals surface area contributed by atoms with E-state index in [2.05, 4.69) is 5.32 Å². The van der Waals surface area contributed by atoms with E-state index >= 15 is 0 Å². The summed E-state index contributed by atoms with van der Waals surface area (Å²) >= 11 is 0. The van der Waals surface area contributed by atoms with Crippen molar-refractivity contribution >= 4 is 11.4 Å². The number of para-hydroxylation sites is 2. The zero-order chi connectivity index (χ0) is 11.4. The van der Waals surface area contributed by atoms with Crippen LogP contribution >= 0.6 is 0 Å². The zero-order valence-corrected chi connectivity index (χ0v) is 8.89. The molecule has 5 nitrogen and oxygen atoms in total. The van der Waals surface area contributed by atoms with Crippen LogP contribution in [-0.4, -0.2) is 24.7 Å². The summed E-state index contributed by atoms with van der Waals surface area (Å²) in [7, 11) is 0. The molecule has 1 atom stereocenters. The number of nitrogens with zero attached hydrogens (tertiary/aromatic N) is 1. The van der Waals surface area contributed by atoms with Gasteiger partial charge in [-0.3, -0.25) is 10.1 Å². The first-order chi connectivity index (χ1) is 7.77. The van der Waals surface area contributed by atoms with Gasteiger partial charge in [0.05, 0.1) is 11.5 Å². The quantitative estimate of drug-likeness (QED) is 0.625. The number of nitrogens with one attached hydrogen (secondary N) is 1. The first-order valence-corrected chi connectivity index (χ1v) is 5.32. The molecule has 1 heterocycles. The largest absolute Gasteiger partial charge is 0.381 e. The second kappa shape index (κ2) is 4.94. The Morgan fingerprint density at radius 3 is 3.00 bits per heavy atom. The molecule has 0 saturated carbocycles. The Kier molecular flexibility index (Phi) is 3.36. The van der Waals surface area contributed by atoms with Crippen molar-refractivity contribution in [2.45, 2.75) is 6.42 Å². The lowest BCUT2D eigenvalue weighted by molar-refractivity contribution is -0.384. The van der Waals surface area contributed by atoms with Crippen LogP contribution in [0, 0.1) is 16.0 Å². The number of hydrogen-bond donors (Lipinski definition) is 1. The van der Waals surface area contributed by atoms with Crippen molar-refractivity contribution in [3.63, 3.8) is 0 Å². The molecule has 16 heavy (non-hydrogen) atoms. The molecule has 0 amide bonds. The molecule has 1 aliphatic heterocycles. The van der Waals surface area contributed by atoms with Crippen LogP contribution in [0.25, 0.3) is 0 Å². The van der Waals surface area contributed by atoms with E-state index in [1.165, 1.54) is 6.07 Å². The summed E-state index contributed by atoms with van der Waals surface area (Å²) in [4.78, 5) is 10.4. The molecule has 2 rings (SSSR count). The summed E-state index contributed by atoms with van der Waals surface area (Å²) in [5.41, 5.74) is 0.709. The normalized spacial score (nSPS) is 19.6. The molecule has 1 N–H and O–H groups in total. The third-order valence-electron chi connectivity index (χ3n) is 2.71. The summed E-state index contributed by atoms with van der Waals surface area (Å²) in [6.45, 7) is 2.27. The molecular formula is C11H14N2O3. The molecule has 1 fully saturated rings. The molecule has 0 bridgehead atoms. The van der Waals surface area contributed by atoms with Crippen LogP contribution in [0.3, 0.4) is 0 Å². The Morgan fingerprint density at radius 1 is 1.50 bits per heavy atom. The van der Waals surface area contributed by atoms with E-state index < -0.39 is 0 Å². The molecule has 5 heteroatoms. The van der Waals surface area contributed by atoms with Crippen molar-refractivity contribution in [2.75, 3.05) is 25.1 Å². The Morgan fingerprint density at radius 2 is 2.31 bits per heavy atom. The maximum atomic E-state index is 10.8. The van der Waals surface area contributed by atoms with Gasteiger partial charge in [0, 0.05) is 25.1 Å². The number of nitro benzene ring substituents is 1. The average Bonchev–Trinajstić information content (AvgIpc) is 2.79. The third kappa shape index (κ3) is 2.49. The SMILES string of the molecule is O=[N+]([O-])c1ccccc1NCC1CCOC1. The monoisotopic (exact) mass is 222 g/mol. The maximum absolute atomic E-state index is 10.8. The minimum atomic E-state index is -0.368.